The lowest BCUT2D eigenvalue weighted by Gasteiger charge is -2.27. The van der Waals surface area contributed by atoms with Crippen LogP contribution in [-0.2, 0) is 6.54 Å². The summed E-state index contributed by atoms with van der Waals surface area (Å²) in [6.07, 6.45) is 5.09. The highest BCUT2D eigenvalue weighted by atomic mass is 15.3. The predicted octanol–water partition coefficient (Wildman–Crippen LogP) is 1.79. The summed E-state index contributed by atoms with van der Waals surface area (Å²) in [4.78, 5) is 5.02. The molecule has 0 radical (unpaired) electrons. The van der Waals surface area contributed by atoms with E-state index in [4.69, 9.17) is 0 Å². The van der Waals surface area contributed by atoms with Crippen molar-refractivity contribution in [1.29, 1.82) is 0 Å². The molecule has 4 nitrogen and oxygen atoms in total. The Balaban J connectivity index is 1.79. The van der Waals surface area contributed by atoms with Crippen LogP contribution in [-0.4, -0.2) is 59.4 Å². The molecule has 2 atom stereocenters. The van der Waals surface area contributed by atoms with Crippen LogP contribution in [0.4, 0.5) is 0 Å². The van der Waals surface area contributed by atoms with Gasteiger partial charge in [-0.3, -0.25) is 4.68 Å². The molecular formula is C15H28N4. The molecule has 2 rings (SSSR count). The molecule has 2 heterocycles. The second-order valence-corrected chi connectivity index (χ2v) is 6.32. The fraction of sp³-hybridized carbons (Fsp3) is 0.800. The molecule has 0 unspecified atom stereocenters. The molecule has 4 heteroatoms. The molecule has 1 saturated heterocycles. The van der Waals surface area contributed by atoms with Gasteiger partial charge < -0.3 is 9.80 Å². The fourth-order valence-corrected chi connectivity index (χ4v) is 3.17. The highest BCUT2D eigenvalue weighted by Crippen LogP contribution is 2.27. The van der Waals surface area contributed by atoms with E-state index in [0.29, 0.717) is 6.04 Å². The first-order valence-corrected chi connectivity index (χ1v) is 7.44. The van der Waals surface area contributed by atoms with Crippen LogP contribution >= 0.6 is 0 Å². The smallest absolute Gasteiger partial charge is 0.0489 e. The SMILES string of the molecule is CC(C)[C@@H]1CN(CCCn2cccn2)C[C@H]1N(C)C. The summed E-state index contributed by atoms with van der Waals surface area (Å²) in [5.74, 6) is 1.57. The van der Waals surface area contributed by atoms with Gasteiger partial charge in [0.1, 0.15) is 0 Å². The molecule has 0 aromatic carbocycles. The van der Waals surface area contributed by atoms with Crippen molar-refractivity contribution in [1.82, 2.24) is 19.6 Å². The van der Waals surface area contributed by atoms with E-state index in [1.54, 1.807) is 0 Å². The second kappa shape index (κ2) is 6.53. The van der Waals surface area contributed by atoms with Gasteiger partial charge >= 0.3 is 0 Å². The monoisotopic (exact) mass is 264 g/mol. The zero-order valence-electron chi connectivity index (χ0n) is 12.8. The van der Waals surface area contributed by atoms with E-state index in [1.807, 2.05) is 23.1 Å². The maximum atomic E-state index is 4.26. The summed E-state index contributed by atoms with van der Waals surface area (Å²) in [7, 11) is 4.43. The van der Waals surface area contributed by atoms with E-state index in [9.17, 15) is 0 Å². The molecule has 1 aromatic rings. The minimum atomic E-state index is 0.713. The third kappa shape index (κ3) is 3.80. The standard InChI is InChI=1S/C15H28N4/c1-13(2)14-11-18(12-15(14)17(3)4)8-6-10-19-9-5-7-16-19/h5,7,9,13-15H,6,8,10-12H2,1-4H3/t14-,15+/m0/s1. The van der Waals surface area contributed by atoms with Crippen molar-refractivity contribution in [2.75, 3.05) is 33.7 Å². The molecule has 1 aliphatic rings. The van der Waals surface area contributed by atoms with Crippen LogP contribution in [0.2, 0.25) is 0 Å². The van der Waals surface area contributed by atoms with E-state index in [1.165, 1.54) is 26.1 Å². The number of likely N-dealkylation sites (N-methyl/N-ethyl adjacent to an activating group) is 1. The van der Waals surface area contributed by atoms with Crippen molar-refractivity contribution in [3.05, 3.63) is 18.5 Å². The van der Waals surface area contributed by atoms with Crippen molar-refractivity contribution in [3.8, 4) is 0 Å². The Morgan fingerprint density at radius 1 is 1.26 bits per heavy atom. The van der Waals surface area contributed by atoms with E-state index in [-0.39, 0.29) is 0 Å². The van der Waals surface area contributed by atoms with Crippen LogP contribution in [0.15, 0.2) is 18.5 Å². The van der Waals surface area contributed by atoms with E-state index in [0.717, 1.165) is 18.4 Å². The maximum absolute atomic E-state index is 4.26. The van der Waals surface area contributed by atoms with Crippen LogP contribution in [0.25, 0.3) is 0 Å². The van der Waals surface area contributed by atoms with Gasteiger partial charge in [0.25, 0.3) is 0 Å². The maximum Gasteiger partial charge on any atom is 0.0489 e. The number of likely N-dealkylation sites (tertiary alicyclic amines) is 1. The average molecular weight is 264 g/mol. The van der Waals surface area contributed by atoms with Crippen molar-refractivity contribution in [2.45, 2.75) is 32.9 Å². The summed E-state index contributed by atoms with van der Waals surface area (Å²) in [5.41, 5.74) is 0. The lowest BCUT2D eigenvalue weighted by atomic mass is 9.91. The molecule has 0 amide bonds. The van der Waals surface area contributed by atoms with Crippen molar-refractivity contribution < 1.29 is 0 Å². The predicted molar refractivity (Wildman–Crippen MR) is 79.1 cm³/mol. The summed E-state index contributed by atoms with van der Waals surface area (Å²) in [6.45, 7) is 9.40. The van der Waals surface area contributed by atoms with Crippen LogP contribution in [0.5, 0.6) is 0 Å². The molecule has 1 aromatic heterocycles. The lowest BCUT2D eigenvalue weighted by molar-refractivity contribution is 0.215. The van der Waals surface area contributed by atoms with E-state index < -0.39 is 0 Å². The Labute approximate surface area is 117 Å². The molecule has 0 spiro atoms. The molecule has 0 aliphatic carbocycles. The molecule has 1 fully saturated rings. The molecule has 0 bridgehead atoms. The zero-order chi connectivity index (χ0) is 13.8. The van der Waals surface area contributed by atoms with Gasteiger partial charge in [-0.05, 0) is 45.0 Å². The minimum absolute atomic E-state index is 0.713. The van der Waals surface area contributed by atoms with Gasteiger partial charge in [-0.25, -0.2) is 0 Å². The number of rotatable bonds is 6. The minimum Gasteiger partial charge on any atom is -0.305 e. The Morgan fingerprint density at radius 3 is 2.58 bits per heavy atom. The first kappa shape index (κ1) is 14.5. The van der Waals surface area contributed by atoms with Gasteiger partial charge in [0.15, 0.2) is 0 Å². The van der Waals surface area contributed by atoms with Crippen LogP contribution < -0.4 is 0 Å². The molecule has 19 heavy (non-hydrogen) atoms. The molecule has 108 valence electrons. The molecular weight excluding hydrogens is 236 g/mol. The summed E-state index contributed by atoms with van der Waals surface area (Å²) >= 11 is 0. The second-order valence-electron chi connectivity index (χ2n) is 6.32. The summed E-state index contributed by atoms with van der Waals surface area (Å²) in [6, 6.07) is 2.71. The number of aryl methyl sites for hydroxylation is 1. The first-order valence-electron chi connectivity index (χ1n) is 7.44. The number of hydrogen-bond acceptors (Lipinski definition) is 3. The highest BCUT2D eigenvalue weighted by molar-refractivity contribution is 4.90. The van der Waals surface area contributed by atoms with Crippen LogP contribution in [0.3, 0.4) is 0 Å². The van der Waals surface area contributed by atoms with Gasteiger partial charge in [-0.15, -0.1) is 0 Å². The number of aromatic nitrogens is 2. The number of nitrogens with zero attached hydrogens (tertiary/aromatic N) is 4. The van der Waals surface area contributed by atoms with Crippen LogP contribution in [0, 0.1) is 11.8 Å². The van der Waals surface area contributed by atoms with E-state index >= 15 is 0 Å². The van der Waals surface area contributed by atoms with Gasteiger partial charge in [0.05, 0.1) is 0 Å². The third-order valence-electron chi connectivity index (χ3n) is 4.35. The lowest BCUT2D eigenvalue weighted by Crippen LogP contribution is -2.37. The Hall–Kier alpha value is -0.870. The third-order valence-corrected chi connectivity index (χ3v) is 4.35. The molecule has 0 N–H and O–H groups in total. The Bertz CT molecular complexity index is 342. The van der Waals surface area contributed by atoms with Crippen molar-refractivity contribution in [2.24, 2.45) is 11.8 Å². The molecule has 1 aliphatic heterocycles. The highest BCUT2D eigenvalue weighted by Gasteiger charge is 2.35. The largest absolute Gasteiger partial charge is 0.305 e. The van der Waals surface area contributed by atoms with Crippen LogP contribution in [0.1, 0.15) is 20.3 Å². The topological polar surface area (TPSA) is 24.3 Å². The van der Waals surface area contributed by atoms with E-state index in [2.05, 4.69) is 42.8 Å². The Morgan fingerprint density at radius 2 is 2.05 bits per heavy atom. The van der Waals surface area contributed by atoms with Crippen molar-refractivity contribution in [3.63, 3.8) is 0 Å². The van der Waals surface area contributed by atoms with Gasteiger partial charge in [0, 0.05) is 38.1 Å². The first-order chi connectivity index (χ1) is 9.08. The van der Waals surface area contributed by atoms with Gasteiger partial charge in [0.2, 0.25) is 0 Å². The fourth-order valence-electron chi connectivity index (χ4n) is 3.17. The zero-order valence-corrected chi connectivity index (χ0v) is 12.8. The van der Waals surface area contributed by atoms with Gasteiger partial charge in [-0.2, -0.15) is 5.10 Å². The summed E-state index contributed by atoms with van der Waals surface area (Å²) in [5, 5.41) is 4.26. The summed E-state index contributed by atoms with van der Waals surface area (Å²) < 4.78 is 2.03. The molecule has 0 saturated carbocycles. The number of hydrogen-bond donors (Lipinski definition) is 0. The average Bonchev–Trinajstić information content (AvgIpc) is 2.97. The van der Waals surface area contributed by atoms with Crippen molar-refractivity contribution >= 4 is 0 Å². The normalized spacial score (nSPS) is 24.7. The quantitative estimate of drug-likeness (QED) is 0.783. The van der Waals surface area contributed by atoms with Gasteiger partial charge in [-0.1, -0.05) is 13.8 Å². The Kier molecular flexibility index (Phi) is 4.99.